The van der Waals surface area contributed by atoms with Crippen LogP contribution in [0, 0.1) is 6.92 Å². The maximum Gasteiger partial charge on any atom is 0.253 e. The molecule has 3 nitrogen and oxygen atoms in total. The number of rotatable bonds is 3. The topological polar surface area (TPSA) is 43.3 Å². The molecule has 82 valence electrons. The van der Waals surface area contributed by atoms with E-state index in [2.05, 4.69) is 4.98 Å². The summed E-state index contributed by atoms with van der Waals surface area (Å²) >= 11 is 1.48. The second-order valence-electron chi connectivity index (χ2n) is 3.40. The summed E-state index contributed by atoms with van der Waals surface area (Å²) in [6.07, 6.45) is -0.511. The highest BCUT2D eigenvalue weighted by atomic mass is 32.1. The minimum absolute atomic E-state index is 0.154. The van der Waals surface area contributed by atoms with E-state index in [1.54, 1.807) is 0 Å². The Labute approximate surface area is 89.5 Å². The number of nitrogens with two attached hydrogens (primary N) is 1. The van der Waals surface area contributed by atoms with Crippen LogP contribution in [0.15, 0.2) is 11.6 Å². The fraction of sp³-hybridized carbons (Fsp3) is 0.444. The molecule has 2 N–H and O–H groups in total. The van der Waals surface area contributed by atoms with Gasteiger partial charge in [-0.15, -0.1) is 11.3 Å². The minimum Gasteiger partial charge on any atom is -0.323 e. The largest absolute Gasteiger partial charge is 0.323 e. The van der Waals surface area contributed by atoms with Crippen molar-refractivity contribution in [3.8, 4) is 0 Å². The van der Waals surface area contributed by atoms with Gasteiger partial charge in [-0.3, -0.25) is 4.40 Å². The first-order valence-electron chi connectivity index (χ1n) is 4.54. The quantitative estimate of drug-likeness (QED) is 0.875. The van der Waals surface area contributed by atoms with E-state index < -0.39 is 12.5 Å². The normalized spacial score (nSPS) is 13.9. The van der Waals surface area contributed by atoms with Crippen molar-refractivity contribution in [2.45, 2.75) is 25.8 Å². The fourth-order valence-electron chi connectivity index (χ4n) is 1.50. The van der Waals surface area contributed by atoms with E-state index in [0.717, 1.165) is 16.3 Å². The number of thiazole rings is 1. The van der Waals surface area contributed by atoms with Crippen LogP contribution in [0.1, 0.15) is 11.4 Å². The lowest BCUT2D eigenvalue weighted by molar-refractivity contribution is 0.115. The number of hydrogen-bond acceptors (Lipinski definition) is 3. The van der Waals surface area contributed by atoms with Gasteiger partial charge in [0, 0.05) is 23.7 Å². The van der Waals surface area contributed by atoms with Gasteiger partial charge >= 0.3 is 0 Å². The summed E-state index contributed by atoms with van der Waals surface area (Å²) in [5.41, 5.74) is 6.90. The summed E-state index contributed by atoms with van der Waals surface area (Å²) in [5, 5.41) is 1.87. The number of aryl methyl sites for hydroxylation is 1. The number of halogens is 2. The van der Waals surface area contributed by atoms with Crippen LogP contribution in [-0.4, -0.2) is 21.9 Å². The highest BCUT2D eigenvalue weighted by molar-refractivity contribution is 7.15. The summed E-state index contributed by atoms with van der Waals surface area (Å²) in [6, 6.07) is -1.12. The molecule has 2 rings (SSSR count). The van der Waals surface area contributed by atoms with Crippen molar-refractivity contribution in [3.05, 3.63) is 23.0 Å². The predicted octanol–water partition coefficient (Wildman–Crippen LogP) is 1.84. The molecule has 0 aliphatic carbocycles. The maximum atomic E-state index is 12.3. The molecule has 2 aromatic rings. The smallest absolute Gasteiger partial charge is 0.253 e. The summed E-state index contributed by atoms with van der Waals surface area (Å²) < 4.78 is 26.5. The van der Waals surface area contributed by atoms with Gasteiger partial charge < -0.3 is 5.73 Å². The SMILES string of the molecule is Cc1nc2sccn2c1CC(N)C(F)F. The van der Waals surface area contributed by atoms with Crippen LogP contribution >= 0.6 is 11.3 Å². The van der Waals surface area contributed by atoms with E-state index in [0.29, 0.717) is 0 Å². The number of aromatic nitrogens is 2. The molecule has 1 unspecified atom stereocenters. The van der Waals surface area contributed by atoms with E-state index in [4.69, 9.17) is 5.73 Å². The van der Waals surface area contributed by atoms with Crippen molar-refractivity contribution in [1.29, 1.82) is 0 Å². The first-order valence-corrected chi connectivity index (χ1v) is 5.42. The number of alkyl halides is 2. The standard InChI is InChI=1S/C9H11F2N3S/c1-5-7(4-6(12)8(10)11)14-2-3-15-9(14)13-5/h2-3,6,8H,4,12H2,1H3. The Hall–Kier alpha value is -1.01. The molecule has 0 amide bonds. The third-order valence-electron chi connectivity index (χ3n) is 2.31. The molecule has 0 saturated carbocycles. The number of nitrogens with zero attached hydrogens (tertiary/aromatic N) is 2. The Kier molecular flexibility index (Phi) is 2.70. The third kappa shape index (κ3) is 1.87. The molecule has 2 heterocycles. The van der Waals surface area contributed by atoms with Gasteiger partial charge in [0.05, 0.1) is 11.7 Å². The number of fused-ring (bicyclic) bond motifs is 1. The summed E-state index contributed by atoms with van der Waals surface area (Å²) in [4.78, 5) is 5.09. The molecule has 6 heteroatoms. The molecular formula is C9H11F2N3S. The predicted molar refractivity (Wildman–Crippen MR) is 55.5 cm³/mol. The lowest BCUT2D eigenvalue weighted by Gasteiger charge is -2.09. The van der Waals surface area contributed by atoms with Crippen molar-refractivity contribution in [1.82, 2.24) is 9.38 Å². The van der Waals surface area contributed by atoms with Gasteiger partial charge in [-0.2, -0.15) is 0 Å². The third-order valence-corrected chi connectivity index (χ3v) is 3.07. The Morgan fingerprint density at radius 3 is 3.00 bits per heavy atom. The van der Waals surface area contributed by atoms with Crippen LogP contribution < -0.4 is 5.73 Å². The van der Waals surface area contributed by atoms with Crippen molar-refractivity contribution >= 4 is 16.3 Å². The first kappa shape index (κ1) is 10.5. The molecule has 0 aromatic carbocycles. The van der Waals surface area contributed by atoms with Crippen molar-refractivity contribution < 1.29 is 8.78 Å². The Bertz CT molecular complexity index is 463. The average molecular weight is 231 g/mol. The Morgan fingerprint density at radius 1 is 1.60 bits per heavy atom. The van der Waals surface area contributed by atoms with Gasteiger partial charge in [-0.25, -0.2) is 13.8 Å². The van der Waals surface area contributed by atoms with Gasteiger partial charge in [0.25, 0.3) is 6.43 Å². The molecule has 0 bridgehead atoms. The van der Waals surface area contributed by atoms with E-state index in [-0.39, 0.29) is 6.42 Å². The molecule has 0 radical (unpaired) electrons. The van der Waals surface area contributed by atoms with E-state index in [1.807, 2.05) is 22.9 Å². The maximum absolute atomic E-state index is 12.3. The Morgan fingerprint density at radius 2 is 2.33 bits per heavy atom. The van der Waals surface area contributed by atoms with Crippen LogP contribution in [0.4, 0.5) is 8.78 Å². The van der Waals surface area contributed by atoms with E-state index in [1.165, 1.54) is 11.3 Å². The summed E-state index contributed by atoms with van der Waals surface area (Å²) in [6.45, 7) is 1.81. The second kappa shape index (κ2) is 3.86. The molecule has 0 aliphatic rings. The zero-order valence-corrected chi connectivity index (χ0v) is 8.97. The molecule has 0 fully saturated rings. The van der Waals surface area contributed by atoms with Gasteiger partial charge in [0.1, 0.15) is 0 Å². The molecule has 15 heavy (non-hydrogen) atoms. The lowest BCUT2D eigenvalue weighted by atomic mass is 10.1. The molecule has 2 aromatic heterocycles. The molecule has 0 saturated heterocycles. The minimum atomic E-state index is -2.49. The molecule has 0 aliphatic heterocycles. The van der Waals surface area contributed by atoms with Gasteiger partial charge in [0.15, 0.2) is 4.96 Å². The second-order valence-corrected chi connectivity index (χ2v) is 4.27. The van der Waals surface area contributed by atoms with Gasteiger partial charge in [-0.05, 0) is 6.92 Å². The highest BCUT2D eigenvalue weighted by Crippen LogP contribution is 2.18. The van der Waals surface area contributed by atoms with Crippen molar-refractivity contribution in [2.24, 2.45) is 5.73 Å². The number of imidazole rings is 1. The zero-order valence-electron chi connectivity index (χ0n) is 8.15. The molecule has 0 spiro atoms. The van der Waals surface area contributed by atoms with Crippen LogP contribution in [0.3, 0.4) is 0 Å². The van der Waals surface area contributed by atoms with E-state index >= 15 is 0 Å². The number of hydrogen-bond donors (Lipinski definition) is 1. The Balaban J connectivity index is 2.33. The average Bonchev–Trinajstić information content (AvgIpc) is 2.69. The first-order chi connectivity index (χ1) is 7.09. The molecule has 1 atom stereocenters. The van der Waals surface area contributed by atoms with Crippen LogP contribution in [0.2, 0.25) is 0 Å². The van der Waals surface area contributed by atoms with Gasteiger partial charge in [0.2, 0.25) is 0 Å². The summed E-state index contributed by atoms with van der Waals surface area (Å²) in [5.74, 6) is 0. The fourth-order valence-corrected chi connectivity index (χ4v) is 2.28. The van der Waals surface area contributed by atoms with Crippen LogP contribution in [0.5, 0.6) is 0 Å². The molecular weight excluding hydrogens is 220 g/mol. The highest BCUT2D eigenvalue weighted by Gasteiger charge is 2.19. The zero-order chi connectivity index (χ0) is 11.0. The van der Waals surface area contributed by atoms with Gasteiger partial charge in [-0.1, -0.05) is 0 Å². The summed E-state index contributed by atoms with van der Waals surface area (Å²) in [7, 11) is 0. The van der Waals surface area contributed by atoms with Crippen LogP contribution in [0.25, 0.3) is 4.96 Å². The van der Waals surface area contributed by atoms with Crippen molar-refractivity contribution in [2.75, 3.05) is 0 Å². The van der Waals surface area contributed by atoms with Crippen molar-refractivity contribution in [3.63, 3.8) is 0 Å². The lowest BCUT2D eigenvalue weighted by Crippen LogP contribution is -2.31. The van der Waals surface area contributed by atoms with Crippen LogP contribution in [-0.2, 0) is 6.42 Å². The van der Waals surface area contributed by atoms with E-state index in [9.17, 15) is 8.78 Å². The monoisotopic (exact) mass is 231 g/mol.